The number of carbonyl (C=O) groups is 2. The van der Waals surface area contributed by atoms with Gasteiger partial charge >= 0.3 is 0 Å². The lowest BCUT2D eigenvalue weighted by atomic mass is 10.2. The summed E-state index contributed by atoms with van der Waals surface area (Å²) in [5.74, 6) is 0.0585. The Hall–Kier alpha value is -1.73. The molecule has 7 heteroatoms. The van der Waals surface area contributed by atoms with Crippen molar-refractivity contribution in [2.75, 3.05) is 18.4 Å². The first-order valence-corrected chi connectivity index (χ1v) is 10.5. The van der Waals surface area contributed by atoms with Crippen molar-refractivity contribution in [3.63, 3.8) is 0 Å². The number of thiazole rings is 1. The van der Waals surface area contributed by atoms with Gasteiger partial charge in [-0.15, -0.1) is 22.7 Å². The van der Waals surface area contributed by atoms with Crippen LogP contribution in [-0.4, -0.2) is 34.8 Å². The lowest BCUT2D eigenvalue weighted by Crippen LogP contribution is -2.32. The number of hydrogen-bond acceptors (Lipinski definition) is 5. The van der Waals surface area contributed by atoms with Crippen LogP contribution in [0, 0.1) is 0 Å². The van der Waals surface area contributed by atoms with Crippen LogP contribution in [0.2, 0.25) is 0 Å². The van der Waals surface area contributed by atoms with Crippen molar-refractivity contribution in [3.8, 4) is 10.6 Å². The molecule has 0 saturated carbocycles. The largest absolute Gasteiger partial charge is 0.343 e. The van der Waals surface area contributed by atoms with Crippen LogP contribution in [-0.2, 0) is 9.59 Å². The van der Waals surface area contributed by atoms with Gasteiger partial charge in [-0.25, -0.2) is 4.98 Å². The fourth-order valence-corrected chi connectivity index (χ4v) is 4.00. The molecule has 0 aliphatic carbocycles. The van der Waals surface area contributed by atoms with E-state index in [4.69, 9.17) is 0 Å². The van der Waals surface area contributed by atoms with Gasteiger partial charge in [-0.1, -0.05) is 19.9 Å². The Bertz CT molecular complexity index is 662. The molecule has 0 aliphatic heterocycles. The molecule has 136 valence electrons. The molecule has 2 heterocycles. The molecule has 1 N–H and O–H groups in total. The third-order valence-electron chi connectivity index (χ3n) is 3.66. The van der Waals surface area contributed by atoms with Gasteiger partial charge in [0, 0.05) is 31.3 Å². The van der Waals surface area contributed by atoms with Crippen LogP contribution >= 0.6 is 22.7 Å². The minimum Gasteiger partial charge on any atom is -0.343 e. The Morgan fingerprint density at radius 3 is 2.56 bits per heavy atom. The van der Waals surface area contributed by atoms with E-state index in [-0.39, 0.29) is 11.8 Å². The van der Waals surface area contributed by atoms with Crippen molar-refractivity contribution >= 4 is 39.6 Å². The number of rotatable bonds is 10. The highest BCUT2D eigenvalue weighted by atomic mass is 32.1. The van der Waals surface area contributed by atoms with E-state index in [9.17, 15) is 9.59 Å². The quantitative estimate of drug-likeness (QED) is 0.655. The van der Waals surface area contributed by atoms with Crippen molar-refractivity contribution < 1.29 is 9.59 Å². The van der Waals surface area contributed by atoms with Gasteiger partial charge in [-0.2, -0.15) is 0 Å². The van der Waals surface area contributed by atoms with Crippen LogP contribution in [0.3, 0.4) is 0 Å². The summed E-state index contributed by atoms with van der Waals surface area (Å²) in [7, 11) is 0. The molecule has 25 heavy (non-hydrogen) atoms. The van der Waals surface area contributed by atoms with E-state index in [1.54, 1.807) is 11.3 Å². The molecule has 0 spiro atoms. The predicted molar refractivity (Wildman–Crippen MR) is 105 cm³/mol. The van der Waals surface area contributed by atoms with Crippen molar-refractivity contribution in [1.29, 1.82) is 0 Å². The topological polar surface area (TPSA) is 62.3 Å². The summed E-state index contributed by atoms with van der Waals surface area (Å²) in [6.07, 6.45) is 3.25. The number of anilines is 1. The number of hydrogen-bond donors (Lipinski definition) is 1. The number of amides is 2. The average Bonchev–Trinajstić information content (AvgIpc) is 3.25. The monoisotopic (exact) mass is 379 g/mol. The van der Waals surface area contributed by atoms with Crippen LogP contribution in [0.4, 0.5) is 5.13 Å². The highest BCUT2D eigenvalue weighted by Crippen LogP contribution is 2.28. The Morgan fingerprint density at radius 2 is 1.92 bits per heavy atom. The highest BCUT2D eigenvalue weighted by molar-refractivity contribution is 7.16. The summed E-state index contributed by atoms with van der Waals surface area (Å²) in [6.45, 7) is 5.73. The van der Waals surface area contributed by atoms with E-state index >= 15 is 0 Å². The molecular weight excluding hydrogens is 354 g/mol. The number of nitrogens with zero attached hydrogens (tertiary/aromatic N) is 2. The Morgan fingerprint density at radius 1 is 1.16 bits per heavy atom. The first-order valence-electron chi connectivity index (χ1n) is 8.71. The van der Waals surface area contributed by atoms with Crippen LogP contribution in [0.15, 0.2) is 22.9 Å². The third-order valence-corrected chi connectivity index (χ3v) is 5.31. The van der Waals surface area contributed by atoms with Crippen LogP contribution in [0.25, 0.3) is 10.6 Å². The highest BCUT2D eigenvalue weighted by Gasteiger charge is 2.13. The molecular formula is C18H25N3O2S2. The van der Waals surface area contributed by atoms with E-state index in [0.29, 0.717) is 24.4 Å². The van der Waals surface area contributed by atoms with Gasteiger partial charge in [0.1, 0.15) is 0 Å². The molecule has 2 aromatic heterocycles. The van der Waals surface area contributed by atoms with Gasteiger partial charge in [0.25, 0.3) is 0 Å². The van der Waals surface area contributed by atoms with Gasteiger partial charge in [0.2, 0.25) is 11.8 Å². The molecule has 0 fully saturated rings. The number of carbonyl (C=O) groups excluding carboxylic acids is 2. The summed E-state index contributed by atoms with van der Waals surface area (Å²) < 4.78 is 0. The third kappa shape index (κ3) is 6.25. The van der Waals surface area contributed by atoms with E-state index in [1.165, 1.54) is 11.3 Å². The van der Waals surface area contributed by atoms with Crippen molar-refractivity contribution in [2.24, 2.45) is 0 Å². The Labute approximate surface area is 157 Å². The SMILES string of the molecule is CCCN(CCC)C(=O)CCCC(=O)Nc1nc(-c2cccs2)cs1. The van der Waals surface area contributed by atoms with Crippen molar-refractivity contribution in [2.45, 2.75) is 46.0 Å². The molecule has 0 aromatic carbocycles. The normalized spacial score (nSPS) is 10.6. The van der Waals surface area contributed by atoms with Crippen molar-refractivity contribution in [3.05, 3.63) is 22.9 Å². The summed E-state index contributed by atoms with van der Waals surface area (Å²) in [5, 5.41) is 7.38. The van der Waals surface area contributed by atoms with E-state index in [1.807, 2.05) is 27.8 Å². The second-order valence-corrected chi connectivity index (χ2v) is 7.60. The summed E-state index contributed by atoms with van der Waals surface area (Å²) in [5.41, 5.74) is 0.889. The fraction of sp³-hybridized carbons (Fsp3) is 0.500. The van der Waals surface area contributed by atoms with Gasteiger partial charge < -0.3 is 10.2 Å². The molecule has 0 aliphatic rings. The maximum atomic E-state index is 12.2. The molecule has 0 saturated heterocycles. The van der Waals surface area contributed by atoms with Crippen LogP contribution in [0.5, 0.6) is 0 Å². The maximum Gasteiger partial charge on any atom is 0.226 e. The van der Waals surface area contributed by atoms with E-state index < -0.39 is 0 Å². The van der Waals surface area contributed by atoms with Gasteiger partial charge in [-0.3, -0.25) is 9.59 Å². The minimum atomic E-state index is -0.0857. The first-order chi connectivity index (χ1) is 12.1. The Kier molecular flexibility index (Phi) is 8.08. The smallest absolute Gasteiger partial charge is 0.226 e. The molecule has 5 nitrogen and oxygen atoms in total. The second kappa shape index (κ2) is 10.3. The van der Waals surface area contributed by atoms with Crippen molar-refractivity contribution in [1.82, 2.24) is 9.88 Å². The molecule has 0 radical (unpaired) electrons. The van der Waals surface area contributed by atoms with Gasteiger partial charge in [-0.05, 0) is 30.7 Å². The van der Waals surface area contributed by atoms with E-state index in [0.717, 1.165) is 36.5 Å². The lowest BCUT2D eigenvalue weighted by Gasteiger charge is -2.21. The van der Waals surface area contributed by atoms with Gasteiger partial charge in [0.05, 0.1) is 10.6 Å². The molecule has 2 rings (SSSR count). The van der Waals surface area contributed by atoms with Gasteiger partial charge in [0.15, 0.2) is 5.13 Å². The number of thiophene rings is 1. The summed E-state index contributed by atoms with van der Waals surface area (Å²) in [4.78, 5) is 31.6. The standard InChI is InChI=1S/C18H25N3O2S2/c1-3-10-21(11-4-2)17(23)9-5-8-16(22)20-18-19-14(13-25-18)15-7-6-12-24-15/h6-7,12-13H,3-5,8-11H2,1-2H3,(H,19,20,22). The first kappa shape index (κ1) is 19.6. The molecule has 0 atom stereocenters. The lowest BCUT2D eigenvalue weighted by molar-refractivity contribution is -0.131. The maximum absolute atomic E-state index is 12.2. The minimum absolute atomic E-state index is 0.0857. The second-order valence-electron chi connectivity index (χ2n) is 5.80. The fourth-order valence-electron chi connectivity index (χ4n) is 2.51. The zero-order valence-corrected chi connectivity index (χ0v) is 16.4. The van der Waals surface area contributed by atoms with E-state index in [2.05, 4.69) is 24.1 Å². The average molecular weight is 380 g/mol. The number of aromatic nitrogens is 1. The molecule has 2 amide bonds. The predicted octanol–water partition coefficient (Wildman–Crippen LogP) is 4.63. The Balaban J connectivity index is 1.74. The summed E-state index contributed by atoms with van der Waals surface area (Å²) >= 11 is 3.05. The number of nitrogens with one attached hydrogen (secondary N) is 1. The summed E-state index contributed by atoms with van der Waals surface area (Å²) in [6, 6.07) is 3.99. The van der Waals surface area contributed by atoms with Crippen LogP contribution < -0.4 is 5.32 Å². The zero-order valence-electron chi connectivity index (χ0n) is 14.8. The molecule has 2 aromatic rings. The molecule has 0 unspecified atom stereocenters. The zero-order chi connectivity index (χ0) is 18.1. The molecule has 0 bridgehead atoms. The van der Waals surface area contributed by atoms with Crippen LogP contribution in [0.1, 0.15) is 46.0 Å².